The largest absolute Gasteiger partial charge is 0.394 e. The Balaban J connectivity index is 2.31. The Morgan fingerprint density at radius 1 is 1.50 bits per heavy atom. The van der Waals surface area contributed by atoms with Gasteiger partial charge in [0.25, 0.3) is 5.91 Å². The first-order valence-corrected chi connectivity index (χ1v) is 7.05. The van der Waals surface area contributed by atoms with Gasteiger partial charge in [-0.05, 0) is 48.0 Å². The van der Waals surface area contributed by atoms with Crippen molar-refractivity contribution in [3.63, 3.8) is 0 Å². The van der Waals surface area contributed by atoms with Gasteiger partial charge >= 0.3 is 0 Å². The predicted molar refractivity (Wildman–Crippen MR) is 80.0 cm³/mol. The molecule has 1 aromatic carbocycles. The molecule has 2 N–H and O–H groups in total. The minimum Gasteiger partial charge on any atom is -0.394 e. The van der Waals surface area contributed by atoms with Crippen LogP contribution in [-0.4, -0.2) is 33.4 Å². The van der Waals surface area contributed by atoms with Gasteiger partial charge in [-0.3, -0.25) is 4.79 Å². The predicted octanol–water partition coefficient (Wildman–Crippen LogP) is 2.05. The van der Waals surface area contributed by atoms with Crippen LogP contribution >= 0.6 is 15.9 Å². The van der Waals surface area contributed by atoms with Crippen LogP contribution in [0, 0.1) is 6.92 Å². The number of aryl methyl sites for hydroxylation is 1. The number of nitrogens with zero attached hydrogens (tertiary/aromatic N) is 2. The summed E-state index contributed by atoms with van der Waals surface area (Å²) in [6.45, 7) is 3.52. The van der Waals surface area contributed by atoms with Gasteiger partial charge in [-0.25, -0.2) is 4.68 Å². The fourth-order valence-electron chi connectivity index (χ4n) is 1.80. The van der Waals surface area contributed by atoms with Crippen LogP contribution < -0.4 is 5.32 Å². The Bertz CT molecular complexity index is 625. The van der Waals surface area contributed by atoms with Gasteiger partial charge in [-0.2, -0.15) is 5.10 Å². The number of amides is 1. The van der Waals surface area contributed by atoms with E-state index in [1.54, 1.807) is 17.7 Å². The summed E-state index contributed by atoms with van der Waals surface area (Å²) in [5.74, 6) is -0.291. The van der Waals surface area contributed by atoms with Gasteiger partial charge in [0.2, 0.25) is 0 Å². The molecule has 1 heterocycles. The molecule has 1 atom stereocenters. The second-order valence-electron chi connectivity index (χ2n) is 4.59. The monoisotopic (exact) mass is 337 g/mol. The van der Waals surface area contributed by atoms with Crippen LogP contribution in [0.2, 0.25) is 0 Å². The molecule has 2 rings (SSSR count). The zero-order valence-electron chi connectivity index (χ0n) is 11.3. The molecule has 1 aromatic heterocycles. The molecule has 0 saturated carbocycles. The van der Waals surface area contributed by atoms with Crippen molar-refractivity contribution in [2.75, 3.05) is 6.61 Å². The topological polar surface area (TPSA) is 67.2 Å². The lowest BCUT2D eigenvalue weighted by molar-refractivity contribution is 0.0917. The number of rotatable bonds is 4. The normalized spacial score (nSPS) is 12.2. The molecule has 0 bridgehead atoms. The van der Waals surface area contributed by atoms with Crippen LogP contribution in [0.15, 0.2) is 34.8 Å². The van der Waals surface area contributed by atoms with E-state index in [9.17, 15) is 4.79 Å². The first kappa shape index (κ1) is 14.7. The lowest BCUT2D eigenvalue weighted by atomic mass is 10.3. The van der Waals surface area contributed by atoms with Gasteiger partial charge in [0, 0.05) is 16.2 Å². The molecule has 0 spiro atoms. The van der Waals surface area contributed by atoms with Crippen LogP contribution in [0.25, 0.3) is 5.69 Å². The Morgan fingerprint density at radius 3 is 2.85 bits per heavy atom. The lowest BCUT2D eigenvalue weighted by Gasteiger charge is -2.09. The van der Waals surface area contributed by atoms with Crippen LogP contribution in [0.4, 0.5) is 0 Å². The van der Waals surface area contributed by atoms with Crippen molar-refractivity contribution in [3.8, 4) is 5.69 Å². The molecule has 0 fully saturated rings. The Hall–Kier alpha value is -1.66. The van der Waals surface area contributed by atoms with E-state index in [0.717, 1.165) is 15.9 Å². The summed E-state index contributed by atoms with van der Waals surface area (Å²) in [6, 6.07) is 9.10. The van der Waals surface area contributed by atoms with E-state index in [1.807, 2.05) is 31.2 Å². The van der Waals surface area contributed by atoms with Crippen LogP contribution in [-0.2, 0) is 0 Å². The molecular formula is C14H16BrN3O2. The number of aromatic nitrogens is 2. The number of hydrogen-bond donors (Lipinski definition) is 2. The third-order valence-electron chi connectivity index (χ3n) is 2.85. The Labute approximate surface area is 125 Å². The number of benzene rings is 1. The number of carbonyl (C=O) groups is 1. The summed E-state index contributed by atoms with van der Waals surface area (Å²) >= 11 is 3.47. The third-order valence-corrected chi connectivity index (χ3v) is 3.52. The van der Waals surface area contributed by atoms with Crippen LogP contribution in [0.3, 0.4) is 0 Å². The smallest absolute Gasteiger partial charge is 0.272 e. The highest BCUT2D eigenvalue weighted by molar-refractivity contribution is 9.10. The average Bonchev–Trinajstić information content (AvgIpc) is 2.81. The summed E-state index contributed by atoms with van der Waals surface area (Å²) < 4.78 is 2.62. The van der Waals surface area contributed by atoms with Gasteiger partial charge in [0.15, 0.2) is 5.69 Å². The van der Waals surface area contributed by atoms with Gasteiger partial charge in [-0.1, -0.05) is 12.1 Å². The molecule has 0 aliphatic rings. The number of hydrogen-bond acceptors (Lipinski definition) is 3. The highest BCUT2D eigenvalue weighted by Crippen LogP contribution is 2.21. The molecule has 106 valence electrons. The van der Waals surface area contributed by atoms with E-state index in [4.69, 9.17) is 5.11 Å². The van der Waals surface area contributed by atoms with E-state index in [1.165, 1.54) is 0 Å². The average molecular weight is 338 g/mol. The second kappa shape index (κ2) is 6.19. The van der Waals surface area contributed by atoms with Crippen molar-refractivity contribution in [1.29, 1.82) is 0 Å². The number of halogens is 1. The van der Waals surface area contributed by atoms with E-state index < -0.39 is 0 Å². The summed E-state index contributed by atoms with van der Waals surface area (Å²) in [6.07, 6.45) is 0. The highest BCUT2D eigenvalue weighted by Gasteiger charge is 2.15. The third kappa shape index (κ3) is 3.08. The molecule has 2 aromatic rings. The fraction of sp³-hybridized carbons (Fsp3) is 0.286. The molecule has 20 heavy (non-hydrogen) atoms. The molecule has 0 radical (unpaired) electrons. The van der Waals surface area contributed by atoms with Crippen molar-refractivity contribution >= 4 is 21.8 Å². The number of nitrogens with one attached hydrogen (secondary N) is 1. The number of aliphatic hydroxyl groups is 1. The van der Waals surface area contributed by atoms with Crippen molar-refractivity contribution in [2.45, 2.75) is 19.9 Å². The molecule has 0 aliphatic carbocycles. The highest BCUT2D eigenvalue weighted by atomic mass is 79.9. The molecule has 0 saturated heterocycles. The maximum atomic E-state index is 12.0. The number of carbonyl (C=O) groups excluding carboxylic acids is 1. The van der Waals surface area contributed by atoms with Crippen molar-refractivity contribution in [3.05, 3.63) is 46.2 Å². The maximum Gasteiger partial charge on any atom is 0.272 e. The van der Waals surface area contributed by atoms with Gasteiger partial charge < -0.3 is 10.4 Å². The van der Waals surface area contributed by atoms with Gasteiger partial charge in [-0.15, -0.1) is 0 Å². The van der Waals surface area contributed by atoms with Crippen molar-refractivity contribution < 1.29 is 9.90 Å². The molecule has 1 amide bonds. The zero-order chi connectivity index (χ0) is 14.7. The Morgan fingerprint density at radius 2 is 2.20 bits per heavy atom. The molecular weight excluding hydrogens is 322 g/mol. The number of para-hydroxylation sites is 1. The summed E-state index contributed by atoms with van der Waals surface area (Å²) in [7, 11) is 0. The molecule has 6 heteroatoms. The fourth-order valence-corrected chi connectivity index (χ4v) is 2.25. The zero-order valence-corrected chi connectivity index (χ0v) is 12.9. The lowest BCUT2D eigenvalue weighted by Crippen LogP contribution is -2.35. The van der Waals surface area contributed by atoms with E-state index in [0.29, 0.717) is 5.69 Å². The molecule has 0 aliphatic heterocycles. The standard InChI is InChI=1S/C14H16BrN3O2/c1-9(8-19)16-14(20)12-7-10(2)18(17-12)13-6-4-3-5-11(13)15/h3-7,9,19H,8H2,1-2H3,(H,16,20)/t9-/m0/s1. The minimum absolute atomic E-state index is 0.102. The molecule has 5 nitrogen and oxygen atoms in total. The van der Waals surface area contributed by atoms with Crippen LogP contribution in [0.1, 0.15) is 23.1 Å². The first-order chi connectivity index (χ1) is 9.52. The summed E-state index contributed by atoms with van der Waals surface area (Å²) in [5, 5.41) is 16.0. The Kier molecular flexibility index (Phi) is 4.57. The van der Waals surface area contributed by atoms with Crippen molar-refractivity contribution in [1.82, 2.24) is 15.1 Å². The SMILES string of the molecule is Cc1cc(C(=O)N[C@@H](C)CO)nn1-c1ccccc1Br. The summed E-state index contributed by atoms with van der Waals surface area (Å²) in [5.41, 5.74) is 2.07. The number of aliphatic hydroxyl groups excluding tert-OH is 1. The van der Waals surface area contributed by atoms with Crippen LogP contribution in [0.5, 0.6) is 0 Å². The van der Waals surface area contributed by atoms with Crippen molar-refractivity contribution in [2.24, 2.45) is 0 Å². The van der Waals surface area contributed by atoms with Gasteiger partial charge in [0.05, 0.1) is 12.3 Å². The van der Waals surface area contributed by atoms with E-state index in [-0.39, 0.29) is 18.6 Å². The van der Waals surface area contributed by atoms with Gasteiger partial charge in [0.1, 0.15) is 0 Å². The second-order valence-corrected chi connectivity index (χ2v) is 5.45. The quantitative estimate of drug-likeness (QED) is 0.897. The van der Waals surface area contributed by atoms with E-state index >= 15 is 0 Å². The minimum atomic E-state index is -0.295. The summed E-state index contributed by atoms with van der Waals surface area (Å²) in [4.78, 5) is 12.0. The first-order valence-electron chi connectivity index (χ1n) is 6.26. The molecule has 0 unspecified atom stereocenters. The maximum absolute atomic E-state index is 12.0. The van der Waals surface area contributed by atoms with E-state index in [2.05, 4.69) is 26.3 Å².